The first-order valence-corrected chi connectivity index (χ1v) is 9.57. The fourth-order valence-corrected chi connectivity index (χ4v) is 2.81. The lowest BCUT2D eigenvalue weighted by molar-refractivity contribution is -0.118. The Morgan fingerprint density at radius 2 is 1.68 bits per heavy atom. The highest BCUT2D eigenvalue weighted by atomic mass is 19.1. The summed E-state index contributed by atoms with van der Waals surface area (Å²) in [5, 5.41) is 2.78. The van der Waals surface area contributed by atoms with Crippen molar-refractivity contribution in [3.05, 3.63) is 96.8 Å². The first-order chi connectivity index (χ1) is 15.2. The van der Waals surface area contributed by atoms with Gasteiger partial charge < -0.3 is 19.2 Å². The molecule has 0 saturated heterocycles. The molecule has 0 spiro atoms. The largest absolute Gasteiger partial charge is 0.484 e. The Kier molecular flexibility index (Phi) is 6.23. The molecule has 0 radical (unpaired) electrons. The van der Waals surface area contributed by atoms with E-state index in [9.17, 15) is 9.18 Å². The third-order valence-electron chi connectivity index (χ3n) is 4.31. The number of hydrogen-bond acceptors (Lipinski definition) is 5. The first kappa shape index (κ1) is 20.2. The molecular weight excluding hydrogens is 399 g/mol. The van der Waals surface area contributed by atoms with E-state index >= 15 is 0 Å². The molecule has 1 amide bonds. The Bertz CT molecular complexity index is 1140. The van der Waals surface area contributed by atoms with Crippen molar-refractivity contribution in [3.63, 3.8) is 0 Å². The van der Waals surface area contributed by atoms with Gasteiger partial charge in [-0.15, -0.1) is 0 Å². The van der Waals surface area contributed by atoms with Crippen molar-refractivity contribution in [2.24, 2.45) is 0 Å². The summed E-state index contributed by atoms with van der Waals surface area (Å²) in [6.45, 7) is -0.0618. The fourth-order valence-electron chi connectivity index (χ4n) is 2.81. The van der Waals surface area contributed by atoms with Crippen molar-refractivity contribution < 1.29 is 23.1 Å². The molecule has 0 fully saturated rings. The maximum absolute atomic E-state index is 13.1. The van der Waals surface area contributed by atoms with Crippen LogP contribution in [0.2, 0.25) is 0 Å². The average molecular weight is 418 g/mol. The number of nitrogens with zero attached hydrogens (tertiary/aromatic N) is 1. The van der Waals surface area contributed by atoms with Gasteiger partial charge in [0, 0.05) is 5.56 Å². The number of carbonyl (C=O) groups is 1. The van der Waals surface area contributed by atoms with E-state index in [1.54, 1.807) is 54.7 Å². The second-order valence-electron chi connectivity index (χ2n) is 6.56. The van der Waals surface area contributed by atoms with Crippen LogP contribution in [0.4, 0.5) is 10.1 Å². The Morgan fingerprint density at radius 3 is 2.48 bits per heavy atom. The number of oxazole rings is 1. The molecule has 1 heterocycles. The monoisotopic (exact) mass is 418 g/mol. The van der Waals surface area contributed by atoms with E-state index in [1.165, 1.54) is 12.1 Å². The summed E-state index contributed by atoms with van der Waals surface area (Å²) in [6.07, 6.45) is 1.56. The van der Waals surface area contributed by atoms with Gasteiger partial charge in [-0.1, -0.05) is 30.3 Å². The highest BCUT2D eigenvalue weighted by molar-refractivity contribution is 5.93. The average Bonchev–Trinajstić information content (AvgIpc) is 3.27. The smallest absolute Gasteiger partial charge is 0.262 e. The highest BCUT2D eigenvalue weighted by Crippen LogP contribution is 2.26. The van der Waals surface area contributed by atoms with Crippen LogP contribution in [0.1, 0.15) is 5.89 Å². The van der Waals surface area contributed by atoms with E-state index in [1.807, 2.05) is 18.2 Å². The van der Waals surface area contributed by atoms with Gasteiger partial charge in [-0.25, -0.2) is 9.37 Å². The number of rotatable bonds is 8. The molecule has 3 aromatic carbocycles. The summed E-state index contributed by atoms with van der Waals surface area (Å²) in [4.78, 5) is 16.4. The predicted molar refractivity (Wildman–Crippen MR) is 113 cm³/mol. The molecule has 0 unspecified atom stereocenters. The Hall–Kier alpha value is -4.13. The summed E-state index contributed by atoms with van der Waals surface area (Å²) in [5.74, 6) is 1.32. The van der Waals surface area contributed by atoms with Crippen LogP contribution in [0.25, 0.3) is 11.3 Å². The maximum Gasteiger partial charge on any atom is 0.262 e. The Morgan fingerprint density at radius 1 is 0.935 bits per heavy atom. The van der Waals surface area contributed by atoms with Crippen molar-refractivity contribution in [3.8, 4) is 22.8 Å². The molecule has 0 aliphatic carbocycles. The van der Waals surface area contributed by atoms with E-state index in [-0.39, 0.29) is 24.9 Å². The lowest BCUT2D eigenvalue weighted by Crippen LogP contribution is -2.20. The minimum absolute atomic E-state index is 0.0641. The quantitative estimate of drug-likeness (QED) is 0.432. The molecule has 31 heavy (non-hydrogen) atoms. The third kappa shape index (κ3) is 5.48. The maximum atomic E-state index is 13.1. The lowest BCUT2D eigenvalue weighted by atomic mass is 10.2. The van der Waals surface area contributed by atoms with Gasteiger partial charge in [0.1, 0.15) is 17.3 Å². The van der Waals surface area contributed by atoms with E-state index < -0.39 is 0 Å². The minimum Gasteiger partial charge on any atom is -0.484 e. The van der Waals surface area contributed by atoms with Crippen LogP contribution >= 0.6 is 0 Å². The van der Waals surface area contributed by atoms with Crippen LogP contribution < -0.4 is 14.8 Å². The van der Waals surface area contributed by atoms with Crippen molar-refractivity contribution >= 4 is 11.6 Å². The van der Waals surface area contributed by atoms with Gasteiger partial charge in [0.2, 0.25) is 5.89 Å². The topological polar surface area (TPSA) is 73.6 Å². The summed E-state index contributed by atoms with van der Waals surface area (Å²) in [6, 6.07) is 22.1. The molecule has 0 saturated carbocycles. The number of nitrogens with one attached hydrogen (secondary N) is 1. The van der Waals surface area contributed by atoms with Gasteiger partial charge in [-0.05, 0) is 48.5 Å². The zero-order valence-corrected chi connectivity index (χ0v) is 16.5. The standard InChI is InChI=1S/C24H19FN2O4/c25-18-12-10-17(11-13-18)22-14-26-24(31-22)16-30-21-9-5-4-8-20(21)27-23(28)15-29-19-6-2-1-3-7-19/h1-14H,15-16H2,(H,27,28). The lowest BCUT2D eigenvalue weighted by Gasteiger charge is -2.12. The van der Waals surface area contributed by atoms with Crippen LogP contribution in [-0.2, 0) is 11.4 Å². The number of amides is 1. The number of benzene rings is 3. The molecule has 1 N–H and O–H groups in total. The van der Waals surface area contributed by atoms with Gasteiger partial charge in [0.15, 0.2) is 19.0 Å². The molecule has 0 aliphatic heterocycles. The molecule has 0 atom stereocenters. The van der Waals surface area contributed by atoms with Crippen molar-refractivity contribution in [2.45, 2.75) is 6.61 Å². The zero-order valence-electron chi connectivity index (χ0n) is 16.5. The summed E-state index contributed by atoms with van der Waals surface area (Å²) >= 11 is 0. The van der Waals surface area contributed by atoms with Crippen molar-refractivity contribution in [1.29, 1.82) is 0 Å². The number of carbonyl (C=O) groups excluding carboxylic acids is 1. The van der Waals surface area contributed by atoms with E-state index in [4.69, 9.17) is 13.9 Å². The molecule has 0 aliphatic rings. The number of hydrogen-bond donors (Lipinski definition) is 1. The number of aromatic nitrogens is 1. The van der Waals surface area contributed by atoms with Crippen LogP contribution in [0, 0.1) is 5.82 Å². The van der Waals surface area contributed by atoms with Crippen LogP contribution in [0.15, 0.2) is 89.5 Å². The summed E-state index contributed by atoms with van der Waals surface area (Å²) in [7, 11) is 0. The van der Waals surface area contributed by atoms with Gasteiger partial charge in [0.05, 0.1) is 11.9 Å². The molecule has 4 aromatic rings. The molecule has 7 heteroatoms. The normalized spacial score (nSPS) is 10.5. The third-order valence-corrected chi connectivity index (χ3v) is 4.31. The van der Waals surface area contributed by atoms with E-state index in [2.05, 4.69) is 10.3 Å². The van der Waals surface area contributed by atoms with Gasteiger partial charge in [-0.2, -0.15) is 0 Å². The van der Waals surface area contributed by atoms with Crippen LogP contribution in [-0.4, -0.2) is 17.5 Å². The minimum atomic E-state index is -0.320. The van der Waals surface area contributed by atoms with Crippen molar-refractivity contribution in [1.82, 2.24) is 4.98 Å². The van der Waals surface area contributed by atoms with Crippen LogP contribution in [0.3, 0.4) is 0 Å². The second-order valence-corrected chi connectivity index (χ2v) is 6.56. The molecule has 4 rings (SSSR count). The number of anilines is 1. The van der Waals surface area contributed by atoms with Gasteiger partial charge in [0.25, 0.3) is 5.91 Å². The number of para-hydroxylation sites is 3. The van der Waals surface area contributed by atoms with Gasteiger partial charge in [-0.3, -0.25) is 4.79 Å². The van der Waals surface area contributed by atoms with E-state index in [0.29, 0.717) is 34.4 Å². The SMILES string of the molecule is O=C(COc1ccccc1)Nc1ccccc1OCc1ncc(-c2ccc(F)cc2)o1. The number of halogens is 1. The van der Waals surface area contributed by atoms with E-state index in [0.717, 1.165) is 0 Å². The molecule has 6 nitrogen and oxygen atoms in total. The van der Waals surface area contributed by atoms with Crippen molar-refractivity contribution in [2.75, 3.05) is 11.9 Å². The molecule has 0 bridgehead atoms. The molecule has 1 aromatic heterocycles. The molecule has 156 valence electrons. The summed E-state index contributed by atoms with van der Waals surface area (Å²) in [5.41, 5.74) is 1.22. The first-order valence-electron chi connectivity index (χ1n) is 9.57. The Balaban J connectivity index is 1.35. The van der Waals surface area contributed by atoms with Crippen LogP contribution in [0.5, 0.6) is 11.5 Å². The number of ether oxygens (including phenoxy) is 2. The predicted octanol–water partition coefficient (Wildman–Crippen LogP) is 5.08. The molecular formula is C24H19FN2O4. The highest BCUT2D eigenvalue weighted by Gasteiger charge is 2.11. The Labute approximate surface area is 178 Å². The second kappa shape index (κ2) is 9.58. The summed E-state index contributed by atoms with van der Waals surface area (Å²) < 4.78 is 30.0. The van der Waals surface area contributed by atoms with Gasteiger partial charge >= 0.3 is 0 Å². The zero-order chi connectivity index (χ0) is 21.5. The fraction of sp³-hybridized carbons (Fsp3) is 0.0833.